The Labute approximate surface area is 365 Å². The average molecular weight is 953 g/mol. The fraction of sp³-hybridized carbons (Fsp3) is 0.838. The summed E-state index contributed by atoms with van der Waals surface area (Å²) in [7, 11) is -10.9. The van der Waals surface area contributed by atoms with Crippen LogP contribution in [0.25, 0.3) is 0 Å². The number of nitrogens with one attached hydrogen (secondary N) is 2. The van der Waals surface area contributed by atoms with Crippen LogP contribution in [0.1, 0.15) is 73.6 Å². The number of hydrogen-bond acceptors (Lipinski definition) is 20. The molecule has 0 bridgehead atoms. The zero-order valence-corrected chi connectivity index (χ0v) is 37.8. The third kappa shape index (κ3) is 16.8. The Kier molecular flexibility index (Phi) is 22.3. The van der Waals surface area contributed by atoms with Gasteiger partial charge in [0.05, 0.1) is 26.4 Å². The van der Waals surface area contributed by atoms with Crippen molar-refractivity contribution in [2.75, 3.05) is 26.4 Å². The highest BCUT2D eigenvalue weighted by Gasteiger charge is 2.55. The number of ether oxygens (including phenoxy) is 5. The number of carbonyl (C=O) groups excluding carboxylic acids is 2. The van der Waals surface area contributed by atoms with E-state index in [1.165, 1.54) is 11.1 Å². The Morgan fingerprint density at radius 2 is 1.16 bits per heavy atom. The van der Waals surface area contributed by atoms with Gasteiger partial charge in [-0.1, -0.05) is 30.2 Å². The number of rotatable bonds is 23. The number of hydrogen-bond donors (Lipinski definition) is 12. The molecule has 3 heterocycles. The molecular weight excluding hydrogens is 886 g/mol. The Hall–Kier alpha value is -1.84. The van der Waals surface area contributed by atoms with Crippen LogP contribution in [0.2, 0.25) is 0 Å². The number of carbonyl (C=O) groups is 2. The van der Waals surface area contributed by atoms with E-state index in [1.54, 1.807) is 0 Å². The highest BCUT2D eigenvalue weighted by Crippen LogP contribution is 2.61. The molecule has 3 aliphatic heterocycles. The van der Waals surface area contributed by atoms with E-state index in [1.807, 2.05) is 27.7 Å². The molecule has 0 aliphatic carbocycles. The van der Waals surface area contributed by atoms with Gasteiger partial charge in [0.1, 0.15) is 73.1 Å². The van der Waals surface area contributed by atoms with Crippen LogP contribution in [0.5, 0.6) is 0 Å². The molecular formula is C37H66N2O22P2. The fourth-order valence-electron chi connectivity index (χ4n) is 7.07. The van der Waals surface area contributed by atoms with Gasteiger partial charge in [-0.25, -0.2) is 9.13 Å². The summed E-state index contributed by atoms with van der Waals surface area (Å²) in [6, 6.07) is -3.51. The average Bonchev–Trinajstić information content (AvgIpc) is 3.18. The largest absolute Gasteiger partial charge is 0.483 e. The molecule has 0 aromatic rings. The van der Waals surface area contributed by atoms with Crippen molar-refractivity contribution in [2.45, 2.75) is 166 Å². The molecule has 63 heavy (non-hydrogen) atoms. The summed E-state index contributed by atoms with van der Waals surface area (Å²) in [5, 5.41) is 88.6. The van der Waals surface area contributed by atoms with Crippen molar-refractivity contribution in [1.29, 1.82) is 0 Å². The predicted octanol–water partition coefficient (Wildman–Crippen LogP) is -1.53. The molecule has 24 nitrogen and oxygen atoms in total. The zero-order valence-electron chi connectivity index (χ0n) is 36.0. The molecule has 26 heteroatoms. The van der Waals surface area contributed by atoms with Crippen LogP contribution in [0.3, 0.4) is 0 Å². The number of allylic oxidation sites excluding steroid dienone is 4. The van der Waals surface area contributed by atoms with Crippen molar-refractivity contribution in [3.05, 3.63) is 23.3 Å². The van der Waals surface area contributed by atoms with E-state index in [9.17, 15) is 69.4 Å². The lowest BCUT2D eigenvalue weighted by Crippen LogP contribution is -2.70. The van der Waals surface area contributed by atoms with Crippen molar-refractivity contribution < 1.29 is 106 Å². The van der Waals surface area contributed by atoms with Crippen LogP contribution in [0, 0.1) is 5.92 Å². The summed E-state index contributed by atoms with van der Waals surface area (Å²) < 4.78 is 68.6. The number of phosphoric acid groups is 2. The van der Waals surface area contributed by atoms with E-state index in [0.717, 1.165) is 39.5 Å². The van der Waals surface area contributed by atoms with Gasteiger partial charge in [0, 0.05) is 13.8 Å². The molecule has 2 amide bonds. The standard InChI is InChI=1S/C37H66N2O22P2/c1-18(2)9-7-10-19(3)11-8-12-20(4)13-14-54-62(50,51)61-63(52,53)60-36-27(39-22(6)44)30(47)33(25(17-42)57-36)58-35-26(38-21(5)43)29(46)34(24(16-41)56-35)59-37-32(49)31(48)28(45)23(15-40)55-37/h9,11,20,23-37,40-42,45-49H,7-8,10,12-17H2,1-6H3,(H,38,43)(H,39,44)(H,50,51)(H,52,53)/b19-11+/t20?,23-,24-,25-,26-,27-,28-,29-,30-,31+,32+,33-,34-,35+,36+,37+/m1/s1. The first-order chi connectivity index (χ1) is 29.4. The summed E-state index contributed by atoms with van der Waals surface area (Å²) in [4.78, 5) is 45.4. The van der Waals surface area contributed by atoms with Crippen molar-refractivity contribution in [3.63, 3.8) is 0 Å². The molecule has 3 saturated heterocycles. The van der Waals surface area contributed by atoms with Gasteiger partial charge in [-0.15, -0.1) is 0 Å². The van der Waals surface area contributed by atoms with Crippen LogP contribution >= 0.6 is 15.6 Å². The lowest BCUT2D eigenvalue weighted by Gasteiger charge is -2.49. The molecule has 0 radical (unpaired) electrons. The van der Waals surface area contributed by atoms with Gasteiger partial charge >= 0.3 is 15.6 Å². The van der Waals surface area contributed by atoms with Crippen LogP contribution in [-0.4, -0.2) is 181 Å². The van der Waals surface area contributed by atoms with E-state index >= 15 is 0 Å². The highest BCUT2D eigenvalue weighted by atomic mass is 31.3. The third-order valence-corrected chi connectivity index (χ3v) is 13.1. The predicted molar refractivity (Wildman–Crippen MR) is 215 cm³/mol. The third-order valence-electron chi connectivity index (χ3n) is 10.4. The second-order valence-electron chi connectivity index (χ2n) is 16.1. The van der Waals surface area contributed by atoms with Gasteiger partial charge in [0.25, 0.3) is 0 Å². The SMILES string of the molecule is CC(=O)N[C@H]1[C@H](O[C@H]2[C@H](O)[C@@H](NC(C)=O)[C@H](OP(=O)(O)OP(=O)(O)OCCC(C)CC/C=C(\C)CCC=C(C)C)O[C@@H]2CO)O[C@H](CO)[C@@H](O[C@@H]2O[C@H](CO)[C@@H](O)[C@H](O)[C@@H]2O)[C@@H]1O. The Bertz CT molecular complexity index is 1620. The molecule has 0 saturated carbocycles. The quantitative estimate of drug-likeness (QED) is 0.0408. The van der Waals surface area contributed by atoms with Gasteiger partial charge in [-0.2, -0.15) is 4.31 Å². The molecule has 0 spiro atoms. The van der Waals surface area contributed by atoms with Crippen LogP contribution < -0.4 is 10.6 Å². The molecule has 3 aliphatic rings. The van der Waals surface area contributed by atoms with Crippen molar-refractivity contribution in [2.24, 2.45) is 5.92 Å². The summed E-state index contributed by atoms with van der Waals surface area (Å²) in [5.41, 5.74) is 2.48. The molecule has 12 N–H and O–H groups in total. The van der Waals surface area contributed by atoms with E-state index in [0.29, 0.717) is 0 Å². The summed E-state index contributed by atoms with van der Waals surface area (Å²) >= 11 is 0. The maximum atomic E-state index is 13.1. The first-order valence-electron chi connectivity index (χ1n) is 20.5. The Balaban J connectivity index is 1.71. The second-order valence-corrected chi connectivity index (χ2v) is 19.1. The van der Waals surface area contributed by atoms with Gasteiger partial charge < -0.3 is 85.0 Å². The van der Waals surface area contributed by atoms with E-state index in [-0.39, 0.29) is 18.9 Å². The summed E-state index contributed by atoms with van der Waals surface area (Å²) in [5.74, 6) is -1.61. The monoisotopic (exact) mass is 952 g/mol. The number of amides is 2. The topological polar surface area (TPSA) is 368 Å². The number of aliphatic hydroxyl groups excluding tert-OH is 8. The minimum atomic E-state index is -5.65. The van der Waals surface area contributed by atoms with Gasteiger partial charge in [0.15, 0.2) is 18.9 Å². The van der Waals surface area contributed by atoms with Crippen LogP contribution in [0.15, 0.2) is 23.3 Å². The van der Waals surface area contributed by atoms with E-state index in [4.69, 9.17) is 32.7 Å². The minimum Gasteiger partial charge on any atom is -0.394 e. The molecule has 0 aromatic heterocycles. The Morgan fingerprint density at radius 1 is 0.651 bits per heavy atom. The molecule has 3 unspecified atom stereocenters. The van der Waals surface area contributed by atoms with Crippen molar-refractivity contribution in [1.82, 2.24) is 10.6 Å². The van der Waals surface area contributed by atoms with Crippen LogP contribution in [-0.2, 0) is 55.8 Å². The van der Waals surface area contributed by atoms with E-state index in [2.05, 4.69) is 27.1 Å². The maximum absolute atomic E-state index is 13.1. The molecule has 18 atom stereocenters. The highest BCUT2D eigenvalue weighted by molar-refractivity contribution is 7.61. The minimum absolute atomic E-state index is 0.0294. The summed E-state index contributed by atoms with van der Waals surface area (Å²) in [6.45, 7) is 6.89. The second kappa shape index (κ2) is 25.3. The molecule has 0 aromatic carbocycles. The smallest absolute Gasteiger partial charge is 0.394 e. The number of phosphoric ester groups is 2. The van der Waals surface area contributed by atoms with Crippen molar-refractivity contribution in [3.8, 4) is 0 Å². The lowest BCUT2D eigenvalue weighted by atomic mass is 9.94. The first-order valence-corrected chi connectivity index (χ1v) is 23.5. The fourth-order valence-corrected chi connectivity index (χ4v) is 9.23. The molecule has 3 rings (SSSR count). The zero-order chi connectivity index (χ0) is 47.4. The normalized spacial score (nSPS) is 36.4. The molecule has 3 fully saturated rings. The van der Waals surface area contributed by atoms with Gasteiger partial charge in [-0.05, 0) is 58.8 Å². The van der Waals surface area contributed by atoms with Gasteiger partial charge in [-0.3, -0.25) is 18.6 Å². The Morgan fingerprint density at radius 3 is 1.68 bits per heavy atom. The van der Waals surface area contributed by atoms with Crippen molar-refractivity contribution >= 4 is 27.5 Å². The maximum Gasteiger partial charge on any atom is 0.483 e. The molecule has 366 valence electrons. The number of aliphatic hydroxyl groups is 8. The van der Waals surface area contributed by atoms with Crippen LogP contribution in [0.4, 0.5) is 0 Å². The lowest BCUT2D eigenvalue weighted by molar-refractivity contribution is -0.360. The van der Waals surface area contributed by atoms with Gasteiger partial charge in [0.2, 0.25) is 11.8 Å². The summed E-state index contributed by atoms with van der Waals surface area (Å²) in [6.07, 6.45) is -15.7. The first kappa shape index (κ1) is 55.5. The van der Waals surface area contributed by atoms with E-state index < -0.39 is 139 Å².